The third-order valence-corrected chi connectivity index (χ3v) is 7.93. The van der Waals surface area contributed by atoms with Crippen molar-refractivity contribution < 1.29 is 35.9 Å². The van der Waals surface area contributed by atoms with E-state index in [-0.39, 0.29) is 27.8 Å². The minimum Gasteiger partial charge on any atom is -0.406 e. The Balaban J connectivity index is 1.58. The molecule has 3 rings (SSSR count). The first-order valence-electron chi connectivity index (χ1n) is 12.6. The number of amides is 2. The van der Waals surface area contributed by atoms with Crippen LogP contribution in [0.1, 0.15) is 49.5 Å². The highest BCUT2D eigenvalue weighted by Gasteiger charge is 2.36. The summed E-state index contributed by atoms with van der Waals surface area (Å²) in [4.78, 5) is 28.1. The maximum Gasteiger partial charge on any atom is 0.573 e. The fraction of sp³-hybridized carbons (Fsp3) is 0.481. The Morgan fingerprint density at radius 1 is 1.08 bits per heavy atom. The lowest BCUT2D eigenvalue weighted by Gasteiger charge is -2.41. The number of hydrogen-bond donors (Lipinski definition) is 2. The number of nitrogens with zero attached hydrogens (tertiary/aromatic N) is 1. The number of likely N-dealkylation sites (tertiary alicyclic amines) is 1. The summed E-state index contributed by atoms with van der Waals surface area (Å²) in [5.74, 6) is -1.69. The third-order valence-electron chi connectivity index (χ3n) is 6.80. The molecule has 1 aliphatic heterocycles. The van der Waals surface area contributed by atoms with Gasteiger partial charge in [0, 0.05) is 37.0 Å². The van der Waals surface area contributed by atoms with Gasteiger partial charge in [0.05, 0.1) is 4.90 Å². The van der Waals surface area contributed by atoms with Gasteiger partial charge >= 0.3 is 6.36 Å². The Bertz CT molecular complexity index is 1270. The van der Waals surface area contributed by atoms with Crippen molar-refractivity contribution in [3.05, 3.63) is 59.7 Å². The highest BCUT2D eigenvalue weighted by Crippen LogP contribution is 2.25. The molecule has 214 valence electrons. The number of carbonyl (C=O) groups excluding carboxylic acids is 2. The fourth-order valence-electron chi connectivity index (χ4n) is 4.34. The Morgan fingerprint density at radius 3 is 2.23 bits per heavy atom. The Labute approximate surface area is 226 Å². The number of nitrogens with one attached hydrogen (secondary N) is 2. The van der Waals surface area contributed by atoms with Crippen molar-refractivity contribution in [2.45, 2.75) is 63.0 Å². The predicted octanol–water partition coefficient (Wildman–Crippen LogP) is 3.91. The zero-order chi connectivity index (χ0) is 29.0. The molecule has 1 aliphatic rings. The second-order valence-electron chi connectivity index (χ2n) is 10.4. The lowest BCUT2D eigenvalue weighted by Crippen LogP contribution is -2.57. The minimum atomic E-state index is -4.88. The number of ether oxygens (including phenoxy) is 1. The first kappa shape index (κ1) is 30.4. The van der Waals surface area contributed by atoms with Crippen LogP contribution < -0.4 is 15.4 Å². The van der Waals surface area contributed by atoms with Gasteiger partial charge in [-0.2, -0.15) is 0 Å². The van der Waals surface area contributed by atoms with E-state index < -0.39 is 33.9 Å². The average molecular weight is 570 g/mol. The number of rotatable bonds is 9. The highest BCUT2D eigenvalue weighted by atomic mass is 32.2. The maximum atomic E-state index is 13.3. The highest BCUT2D eigenvalue weighted by molar-refractivity contribution is 7.90. The van der Waals surface area contributed by atoms with Crippen molar-refractivity contribution in [2.75, 3.05) is 19.3 Å². The Kier molecular flexibility index (Phi) is 9.32. The van der Waals surface area contributed by atoms with Gasteiger partial charge in [-0.25, -0.2) is 8.42 Å². The van der Waals surface area contributed by atoms with Gasteiger partial charge in [0.15, 0.2) is 9.84 Å². The molecule has 1 unspecified atom stereocenters. The summed E-state index contributed by atoms with van der Waals surface area (Å²) in [7, 11) is -3.26. The zero-order valence-electron chi connectivity index (χ0n) is 22.3. The first-order chi connectivity index (χ1) is 18.1. The lowest BCUT2D eigenvalue weighted by atomic mass is 9.88. The molecule has 2 amide bonds. The average Bonchev–Trinajstić information content (AvgIpc) is 2.85. The number of alkyl halides is 3. The third kappa shape index (κ3) is 8.69. The van der Waals surface area contributed by atoms with Crippen molar-refractivity contribution in [1.29, 1.82) is 0 Å². The SMILES string of the molecule is CC(C)C(NC(=O)c1cccc(OC(F)(F)F)c1)C(=O)N1CCC(C)(NCc2ccc(S(C)(=O)=O)cc2)CC1. The van der Waals surface area contributed by atoms with Gasteiger partial charge in [-0.05, 0) is 61.6 Å². The van der Waals surface area contributed by atoms with E-state index in [9.17, 15) is 31.2 Å². The van der Waals surface area contributed by atoms with Crippen molar-refractivity contribution in [1.82, 2.24) is 15.5 Å². The van der Waals surface area contributed by atoms with Gasteiger partial charge in [-0.15, -0.1) is 13.2 Å². The first-order valence-corrected chi connectivity index (χ1v) is 14.4. The molecule has 0 radical (unpaired) electrons. The Hall–Kier alpha value is -3.12. The number of benzene rings is 2. The van der Waals surface area contributed by atoms with E-state index in [1.54, 1.807) is 43.0 Å². The topological polar surface area (TPSA) is 105 Å². The number of sulfone groups is 1. The summed E-state index contributed by atoms with van der Waals surface area (Å²) in [5, 5.41) is 6.19. The number of carbonyl (C=O) groups is 2. The molecule has 0 aromatic heterocycles. The summed E-state index contributed by atoms with van der Waals surface area (Å²) in [6.07, 6.45) is -2.39. The molecule has 0 bridgehead atoms. The van der Waals surface area contributed by atoms with Gasteiger partial charge in [-0.1, -0.05) is 32.0 Å². The van der Waals surface area contributed by atoms with Crippen LogP contribution in [0.2, 0.25) is 0 Å². The van der Waals surface area contributed by atoms with Gasteiger partial charge < -0.3 is 20.3 Å². The molecular weight excluding hydrogens is 535 g/mol. The van der Waals surface area contributed by atoms with Crippen LogP contribution in [-0.4, -0.2) is 62.4 Å². The quantitative estimate of drug-likeness (QED) is 0.475. The van der Waals surface area contributed by atoms with E-state index in [0.29, 0.717) is 32.5 Å². The monoisotopic (exact) mass is 569 g/mol. The van der Waals surface area contributed by atoms with Crippen LogP contribution in [0, 0.1) is 5.92 Å². The molecule has 0 saturated carbocycles. The Morgan fingerprint density at radius 2 is 1.69 bits per heavy atom. The molecule has 1 atom stereocenters. The molecular formula is C27H34F3N3O5S. The van der Waals surface area contributed by atoms with Gasteiger partial charge in [0.2, 0.25) is 5.91 Å². The minimum absolute atomic E-state index is 0.0461. The number of halogens is 3. The molecule has 2 aromatic rings. The van der Waals surface area contributed by atoms with E-state index in [1.807, 2.05) is 0 Å². The molecule has 12 heteroatoms. The molecule has 0 aliphatic carbocycles. The largest absolute Gasteiger partial charge is 0.573 e. The number of piperidine rings is 1. The van der Waals surface area contributed by atoms with Gasteiger partial charge in [0.25, 0.3) is 5.91 Å². The van der Waals surface area contributed by atoms with Gasteiger partial charge in [-0.3, -0.25) is 9.59 Å². The molecule has 2 N–H and O–H groups in total. The van der Waals surface area contributed by atoms with Crippen LogP contribution in [0.15, 0.2) is 53.4 Å². The molecule has 8 nitrogen and oxygen atoms in total. The van der Waals surface area contributed by atoms with Crippen LogP contribution in [0.25, 0.3) is 0 Å². The van der Waals surface area contributed by atoms with E-state index in [4.69, 9.17) is 0 Å². The zero-order valence-corrected chi connectivity index (χ0v) is 23.2. The molecule has 0 spiro atoms. The summed E-state index contributed by atoms with van der Waals surface area (Å²) < 4.78 is 64.8. The lowest BCUT2D eigenvalue weighted by molar-refractivity contribution is -0.274. The maximum absolute atomic E-state index is 13.3. The van der Waals surface area contributed by atoms with Crippen LogP contribution in [0.3, 0.4) is 0 Å². The summed E-state index contributed by atoms with van der Waals surface area (Å²) in [5.41, 5.74) is 0.645. The molecule has 1 fully saturated rings. The number of hydrogen-bond acceptors (Lipinski definition) is 6. The van der Waals surface area contributed by atoms with Crippen molar-refractivity contribution in [2.24, 2.45) is 5.92 Å². The van der Waals surface area contributed by atoms with Crippen LogP contribution in [0.5, 0.6) is 5.75 Å². The molecule has 1 saturated heterocycles. The summed E-state index contributed by atoms with van der Waals surface area (Å²) >= 11 is 0. The van der Waals surface area contributed by atoms with Crippen LogP contribution >= 0.6 is 0 Å². The van der Waals surface area contributed by atoms with E-state index in [2.05, 4.69) is 22.3 Å². The molecule has 39 heavy (non-hydrogen) atoms. The smallest absolute Gasteiger partial charge is 0.406 e. The van der Waals surface area contributed by atoms with Crippen LogP contribution in [-0.2, 0) is 21.2 Å². The second-order valence-corrected chi connectivity index (χ2v) is 12.4. The van der Waals surface area contributed by atoms with Crippen molar-refractivity contribution >= 4 is 21.7 Å². The fourth-order valence-corrected chi connectivity index (χ4v) is 4.97. The molecule has 1 heterocycles. The summed E-state index contributed by atoms with van der Waals surface area (Å²) in [6, 6.07) is 10.6. The summed E-state index contributed by atoms with van der Waals surface area (Å²) in [6.45, 7) is 7.10. The van der Waals surface area contributed by atoms with Gasteiger partial charge in [0.1, 0.15) is 11.8 Å². The van der Waals surface area contributed by atoms with Crippen molar-refractivity contribution in [3.8, 4) is 5.75 Å². The second kappa shape index (κ2) is 12.0. The van der Waals surface area contributed by atoms with Crippen LogP contribution in [0.4, 0.5) is 13.2 Å². The van der Waals surface area contributed by atoms with E-state index in [0.717, 1.165) is 24.0 Å². The van der Waals surface area contributed by atoms with Crippen molar-refractivity contribution in [3.63, 3.8) is 0 Å². The standard InChI is InChI=1S/C27H34F3N3O5S/c1-18(2)23(32-24(34)20-6-5-7-21(16-20)38-27(28,29)30)25(35)33-14-12-26(3,13-15-33)31-17-19-8-10-22(11-9-19)39(4,36)37/h5-11,16,18,23,31H,12-15,17H2,1-4H3,(H,32,34). The van der Waals surface area contributed by atoms with E-state index in [1.165, 1.54) is 12.1 Å². The predicted molar refractivity (Wildman–Crippen MR) is 140 cm³/mol. The van der Waals surface area contributed by atoms with E-state index >= 15 is 0 Å². The normalized spacial score (nSPS) is 16.6. The molecule has 2 aromatic carbocycles.